The van der Waals surface area contributed by atoms with Gasteiger partial charge in [-0.1, -0.05) is 43.6 Å². The molecule has 0 spiro atoms. The van der Waals surface area contributed by atoms with E-state index in [4.69, 9.17) is 16.3 Å². The zero-order chi connectivity index (χ0) is 13.8. The Kier molecular flexibility index (Phi) is 4.38. The van der Waals surface area contributed by atoms with E-state index < -0.39 is 0 Å². The molecular formula is C15H17ClN2O. The monoisotopic (exact) mass is 276 g/mol. The van der Waals surface area contributed by atoms with E-state index >= 15 is 0 Å². The van der Waals surface area contributed by atoms with Crippen LogP contribution >= 0.6 is 11.6 Å². The quantitative estimate of drug-likeness (QED) is 0.787. The van der Waals surface area contributed by atoms with Gasteiger partial charge in [0.1, 0.15) is 17.5 Å². The lowest BCUT2D eigenvalue weighted by molar-refractivity contribution is 0.291. The number of nitrogens with zero attached hydrogens (tertiary/aromatic N) is 2. The molecule has 0 fully saturated rings. The SMILES string of the molecule is Cc1cc(Cl)nc(COc2ccccc2C(C)C)n1. The Morgan fingerprint density at radius 3 is 2.63 bits per heavy atom. The van der Waals surface area contributed by atoms with E-state index in [0.717, 1.165) is 11.4 Å². The zero-order valence-electron chi connectivity index (χ0n) is 11.4. The lowest BCUT2D eigenvalue weighted by Gasteiger charge is -2.13. The topological polar surface area (TPSA) is 35.0 Å². The van der Waals surface area contributed by atoms with Gasteiger partial charge in [0.25, 0.3) is 0 Å². The molecule has 0 aliphatic carbocycles. The van der Waals surface area contributed by atoms with Crippen molar-refractivity contribution in [3.63, 3.8) is 0 Å². The first kappa shape index (κ1) is 13.8. The van der Waals surface area contributed by atoms with Gasteiger partial charge in [-0.05, 0) is 30.5 Å². The number of aryl methyl sites for hydroxylation is 1. The highest BCUT2D eigenvalue weighted by molar-refractivity contribution is 6.29. The third-order valence-corrected chi connectivity index (χ3v) is 2.96. The van der Waals surface area contributed by atoms with Crippen molar-refractivity contribution >= 4 is 11.6 Å². The summed E-state index contributed by atoms with van der Waals surface area (Å²) in [5.41, 5.74) is 2.02. The molecule has 1 heterocycles. The Morgan fingerprint density at radius 1 is 1.21 bits per heavy atom. The third-order valence-electron chi connectivity index (χ3n) is 2.77. The lowest BCUT2D eigenvalue weighted by atomic mass is 10.0. The fourth-order valence-corrected chi connectivity index (χ4v) is 2.14. The van der Waals surface area contributed by atoms with E-state index in [-0.39, 0.29) is 0 Å². The van der Waals surface area contributed by atoms with E-state index in [1.807, 2.05) is 25.1 Å². The van der Waals surface area contributed by atoms with Gasteiger partial charge >= 0.3 is 0 Å². The first-order chi connectivity index (χ1) is 9.06. The van der Waals surface area contributed by atoms with Gasteiger partial charge in [-0.3, -0.25) is 0 Å². The van der Waals surface area contributed by atoms with Crippen molar-refractivity contribution in [2.24, 2.45) is 0 Å². The summed E-state index contributed by atoms with van der Waals surface area (Å²) < 4.78 is 5.81. The molecule has 19 heavy (non-hydrogen) atoms. The highest BCUT2D eigenvalue weighted by Gasteiger charge is 2.08. The summed E-state index contributed by atoms with van der Waals surface area (Å²) >= 11 is 5.91. The first-order valence-electron chi connectivity index (χ1n) is 6.28. The van der Waals surface area contributed by atoms with Crippen molar-refractivity contribution in [1.29, 1.82) is 0 Å². The summed E-state index contributed by atoms with van der Waals surface area (Å²) in [6, 6.07) is 9.75. The van der Waals surface area contributed by atoms with Crippen molar-refractivity contribution < 1.29 is 4.74 Å². The van der Waals surface area contributed by atoms with Crippen molar-refractivity contribution in [2.45, 2.75) is 33.3 Å². The molecule has 100 valence electrons. The Balaban J connectivity index is 2.14. The highest BCUT2D eigenvalue weighted by atomic mass is 35.5. The number of halogens is 1. The van der Waals surface area contributed by atoms with Crippen LogP contribution in [0.3, 0.4) is 0 Å². The van der Waals surface area contributed by atoms with Gasteiger partial charge in [-0.25, -0.2) is 9.97 Å². The van der Waals surface area contributed by atoms with Gasteiger partial charge in [0, 0.05) is 5.69 Å². The van der Waals surface area contributed by atoms with Crippen LogP contribution in [0.4, 0.5) is 0 Å². The number of hydrogen-bond acceptors (Lipinski definition) is 3. The minimum atomic E-state index is 0.325. The lowest BCUT2D eigenvalue weighted by Crippen LogP contribution is -2.04. The van der Waals surface area contributed by atoms with E-state index in [9.17, 15) is 0 Å². The van der Waals surface area contributed by atoms with Crippen molar-refractivity contribution in [3.05, 3.63) is 52.6 Å². The average Bonchev–Trinajstić information content (AvgIpc) is 2.35. The molecule has 0 N–H and O–H groups in total. The Hall–Kier alpha value is -1.61. The normalized spacial score (nSPS) is 10.8. The van der Waals surface area contributed by atoms with Gasteiger partial charge < -0.3 is 4.74 Å². The molecule has 0 amide bonds. The van der Waals surface area contributed by atoms with Crippen LogP contribution in [-0.4, -0.2) is 9.97 Å². The molecule has 0 atom stereocenters. The van der Waals surface area contributed by atoms with Crippen molar-refractivity contribution in [3.8, 4) is 5.75 Å². The van der Waals surface area contributed by atoms with Crippen LogP contribution in [0.15, 0.2) is 30.3 Å². The number of hydrogen-bond donors (Lipinski definition) is 0. The Labute approximate surface area is 118 Å². The molecule has 3 nitrogen and oxygen atoms in total. The largest absolute Gasteiger partial charge is 0.485 e. The van der Waals surface area contributed by atoms with Crippen molar-refractivity contribution in [2.75, 3.05) is 0 Å². The summed E-state index contributed by atoms with van der Waals surface area (Å²) in [4.78, 5) is 8.46. The van der Waals surface area contributed by atoms with Gasteiger partial charge in [-0.15, -0.1) is 0 Å². The molecular weight excluding hydrogens is 260 g/mol. The minimum Gasteiger partial charge on any atom is -0.485 e. The van der Waals surface area contributed by atoms with Crippen LogP contribution in [0, 0.1) is 6.92 Å². The van der Waals surface area contributed by atoms with Crippen LogP contribution in [0.5, 0.6) is 5.75 Å². The van der Waals surface area contributed by atoms with Crippen molar-refractivity contribution in [1.82, 2.24) is 9.97 Å². The van der Waals surface area contributed by atoms with E-state index in [1.54, 1.807) is 6.07 Å². The second-order valence-electron chi connectivity index (χ2n) is 4.73. The van der Waals surface area contributed by atoms with E-state index in [2.05, 4.69) is 29.9 Å². The standard InChI is InChI=1S/C15H17ClN2O/c1-10(2)12-6-4-5-7-13(12)19-9-15-17-11(3)8-14(16)18-15/h4-8,10H,9H2,1-3H3. The molecule has 2 aromatic rings. The fraction of sp³-hybridized carbons (Fsp3) is 0.333. The summed E-state index contributed by atoms with van der Waals surface area (Å²) in [6.45, 7) is 6.49. The van der Waals surface area contributed by atoms with Crippen LogP contribution in [0.2, 0.25) is 5.15 Å². The number of aromatic nitrogens is 2. The van der Waals surface area contributed by atoms with Crippen LogP contribution in [-0.2, 0) is 6.61 Å². The number of rotatable bonds is 4. The summed E-state index contributed by atoms with van der Waals surface area (Å²) in [5.74, 6) is 1.89. The van der Waals surface area contributed by atoms with Gasteiger partial charge in [-0.2, -0.15) is 0 Å². The molecule has 1 aromatic carbocycles. The van der Waals surface area contributed by atoms with Crippen LogP contribution in [0.1, 0.15) is 36.8 Å². The van der Waals surface area contributed by atoms with Gasteiger partial charge in [0.05, 0.1) is 0 Å². The van der Waals surface area contributed by atoms with Gasteiger partial charge in [0.2, 0.25) is 0 Å². The molecule has 0 saturated heterocycles. The highest BCUT2D eigenvalue weighted by Crippen LogP contribution is 2.26. The molecule has 2 rings (SSSR count). The molecule has 0 bridgehead atoms. The Morgan fingerprint density at radius 2 is 1.95 bits per heavy atom. The fourth-order valence-electron chi connectivity index (χ4n) is 1.88. The number of ether oxygens (including phenoxy) is 1. The summed E-state index contributed by atoms with van der Waals surface area (Å²) in [5, 5.41) is 0.447. The molecule has 0 aliphatic heterocycles. The van der Waals surface area contributed by atoms with Gasteiger partial charge in [0.15, 0.2) is 5.82 Å². The maximum Gasteiger partial charge on any atom is 0.167 e. The Bertz CT molecular complexity index is 550. The van der Waals surface area contributed by atoms with E-state index in [0.29, 0.717) is 23.5 Å². The average molecular weight is 277 g/mol. The summed E-state index contributed by atoms with van der Waals surface area (Å²) in [6.07, 6.45) is 0. The second kappa shape index (κ2) is 6.02. The molecule has 0 radical (unpaired) electrons. The summed E-state index contributed by atoms with van der Waals surface area (Å²) in [7, 11) is 0. The minimum absolute atomic E-state index is 0.325. The second-order valence-corrected chi connectivity index (χ2v) is 5.12. The number of para-hydroxylation sites is 1. The molecule has 4 heteroatoms. The molecule has 0 saturated carbocycles. The van der Waals surface area contributed by atoms with Crippen LogP contribution in [0.25, 0.3) is 0 Å². The zero-order valence-corrected chi connectivity index (χ0v) is 12.1. The molecule has 0 aliphatic rings. The van der Waals surface area contributed by atoms with Crippen LogP contribution < -0.4 is 4.74 Å². The maximum atomic E-state index is 5.91. The first-order valence-corrected chi connectivity index (χ1v) is 6.66. The van der Waals surface area contributed by atoms with E-state index in [1.165, 1.54) is 5.56 Å². The number of benzene rings is 1. The smallest absolute Gasteiger partial charge is 0.167 e. The molecule has 0 unspecified atom stereocenters. The third kappa shape index (κ3) is 3.67. The predicted molar refractivity (Wildman–Crippen MR) is 76.6 cm³/mol. The predicted octanol–water partition coefficient (Wildman–Crippen LogP) is 4.14. The maximum absolute atomic E-state index is 5.91. The molecule has 1 aromatic heterocycles.